The van der Waals surface area contributed by atoms with Crippen molar-refractivity contribution in [1.82, 2.24) is 0 Å². The molecule has 0 aromatic heterocycles. The molecular weight excluding hydrogens is 345 g/mol. The first-order valence-electron chi connectivity index (χ1n) is 8.94. The number of nitrogens with one attached hydrogen (secondary N) is 1. The maximum Gasteiger partial charge on any atom is 0.331 e. The number of ether oxygens (including phenoxy) is 1. The summed E-state index contributed by atoms with van der Waals surface area (Å²) in [5.74, 6) is -1.08. The van der Waals surface area contributed by atoms with Gasteiger partial charge in [-0.1, -0.05) is 44.2 Å². The minimum Gasteiger partial charge on any atom is -0.449 e. The van der Waals surface area contributed by atoms with E-state index in [1.807, 2.05) is 24.3 Å². The number of halogens is 1. The zero-order valence-electron chi connectivity index (χ0n) is 15.7. The van der Waals surface area contributed by atoms with Crippen molar-refractivity contribution in [3.63, 3.8) is 0 Å². The topological polar surface area (TPSA) is 55.4 Å². The molecule has 0 spiro atoms. The summed E-state index contributed by atoms with van der Waals surface area (Å²) in [5, 5.41) is 2.83. The number of rotatable bonds is 7. The second-order valence-corrected chi connectivity index (χ2v) is 6.35. The molecule has 0 aliphatic carbocycles. The number of esters is 1. The fourth-order valence-electron chi connectivity index (χ4n) is 2.50. The molecule has 0 heterocycles. The Bertz CT molecular complexity index is 815. The SMILES string of the molecule is CC[C@H](C)c1ccccc1NC(=O)[C@@H](C)OC(=O)/C=C/c1ccc(F)cc1. The third-order valence-corrected chi connectivity index (χ3v) is 4.31. The van der Waals surface area contributed by atoms with Gasteiger partial charge in [0.2, 0.25) is 0 Å². The number of benzene rings is 2. The van der Waals surface area contributed by atoms with E-state index in [0.29, 0.717) is 11.5 Å². The maximum absolute atomic E-state index is 12.9. The molecule has 27 heavy (non-hydrogen) atoms. The first kappa shape index (κ1) is 20.4. The number of amides is 1. The molecule has 4 nitrogen and oxygen atoms in total. The van der Waals surface area contributed by atoms with Gasteiger partial charge in [-0.2, -0.15) is 0 Å². The molecule has 0 aliphatic rings. The molecule has 0 radical (unpaired) electrons. The van der Waals surface area contributed by atoms with Gasteiger partial charge in [0.25, 0.3) is 5.91 Å². The second-order valence-electron chi connectivity index (χ2n) is 6.35. The van der Waals surface area contributed by atoms with Crippen LogP contribution in [0.2, 0.25) is 0 Å². The predicted octanol–water partition coefficient (Wildman–Crippen LogP) is 4.92. The molecule has 0 aliphatic heterocycles. The van der Waals surface area contributed by atoms with E-state index in [2.05, 4.69) is 19.2 Å². The lowest BCUT2D eigenvalue weighted by molar-refractivity contribution is -0.148. The van der Waals surface area contributed by atoms with Crippen LogP contribution in [0.25, 0.3) is 6.08 Å². The predicted molar refractivity (Wildman–Crippen MR) is 105 cm³/mol. The van der Waals surface area contributed by atoms with E-state index >= 15 is 0 Å². The Morgan fingerprint density at radius 3 is 2.44 bits per heavy atom. The van der Waals surface area contributed by atoms with Crippen molar-refractivity contribution < 1.29 is 18.7 Å². The molecule has 142 valence electrons. The Balaban J connectivity index is 1.95. The lowest BCUT2D eigenvalue weighted by atomic mass is 9.97. The third kappa shape index (κ3) is 6.06. The van der Waals surface area contributed by atoms with E-state index in [-0.39, 0.29) is 5.82 Å². The lowest BCUT2D eigenvalue weighted by Crippen LogP contribution is -2.29. The van der Waals surface area contributed by atoms with Crippen LogP contribution in [-0.2, 0) is 14.3 Å². The van der Waals surface area contributed by atoms with Crippen LogP contribution in [0.3, 0.4) is 0 Å². The number of anilines is 1. The highest BCUT2D eigenvalue weighted by molar-refractivity contribution is 5.97. The van der Waals surface area contributed by atoms with Gasteiger partial charge >= 0.3 is 5.97 Å². The molecule has 2 rings (SSSR count). The Morgan fingerprint density at radius 2 is 1.78 bits per heavy atom. The quantitative estimate of drug-likeness (QED) is 0.556. The van der Waals surface area contributed by atoms with Crippen LogP contribution >= 0.6 is 0 Å². The van der Waals surface area contributed by atoms with Gasteiger partial charge in [-0.15, -0.1) is 0 Å². The second kappa shape index (κ2) is 9.67. The average molecular weight is 369 g/mol. The Hall–Kier alpha value is -2.95. The van der Waals surface area contributed by atoms with E-state index in [1.54, 1.807) is 12.1 Å². The Labute approximate surface area is 159 Å². The van der Waals surface area contributed by atoms with Crippen molar-refractivity contribution in [2.45, 2.75) is 39.2 Å². The zero-order valence-corrected chi connectivity index (χ0v) is 15.7. The summed E-state index contributed by atoms with van der Waals surface area (Å²) in [6, 6.07) is 13.3. The molecule has 0 saturated heterocycles. The number of hydrogen-bond acceptors (Lipinski definition) is 3. The van der Waals surface area contributed by atoms with Crippen molar-refractivity contribution in [2.24, 2.45) is 0 Å². The van der Waals surface area contributed by atoms with Gasteiger partial charge in [0.05, 0.1) is 0 Å². The molecule has 2 aromatic rings. The fraction of sp³-hybridized carbons (Fsp3) is 0.273. The Kier molecular flexibility index (Phi) is 7.29. The summed E-state index contributed by atoms with van der Waals surface area (Å²) in [6.45, 7) is 5.70. The van der Waals surface area contributed by atoms with Crippen LogP contribution in [0.5, 0.6) is 0 Å². The minimum absolute atomic E-state index is 0.304. The van der Waals surface area contributed by atoms with E-state index in [9.17, 15) is 14.0 Å². The number of para-hydroxylation sites is 1. The summed E-state index contributed by atoms with van der Waals surface area (Å²) in [6.07, 6.45) is 2.72. The fourth-order valence-corrected chi connectivity index (χ4v) is 2.50. The molecule has 0 saturated carbocycles. The smallest absolute Gasteiger partial charge is 0.331 e. The van der Waals surface area contributed by atoms with Gasteiger partial charge in [-0.05, 0) is 54.7 Å². The molecule has 5 heteroatoms. The largest absolute Gasteiger partial charge is 0.449 e. The van der Waals surface area contributed by atoms with Gasteiger partial charge in [0.1, 0.15) is 5.82 Å². The summed E-state index contributed by atoms with van der Waals surface area (Å²) in [5.41, 5.74) is 2.43. The summed E-state index contributed by atoms with van der Waals surface area (Å²) in [7, 11) is 0. The first-order chi connectivity index (χ1) is 12.9. The minimum atomic E-state index is -0.944. The van der Waals surface area contributed by atoms with E-state index < -0.39 is 18.0 Å². The van der Waals surface area contributed by atoms with Gasteiger partial charge in [-0.25, -0.2) is 9.18 Å². The van der Waals surface area contributed by atoms with Crippen molar-refractivity contribution in [2.75, 3.05) is 5.32 Å². The zero-order chi connectivity index (χ0) is 19.8. The van der Waals surface area contributed by atoms with Crippen molar-refractivity contribution >= 4 is 23.6 Å². The number of carbonyl (C=O) groups is 2. The van der Waals surface area contributed by atoms with Crippen LogP contribution in [-0.4, -0.2) is 18.0 Å². The van der Waals surface area contributed by atoms with Crippen LogP contribution in [0.4, 0.5) is 10.1 Å². The van der Waals surface area contributed by atoms with Gasteiger partial charge < -0.3 is 10.1 Å². The number of carbonyl (C=O) groups excluding carboxylic acids is 2. The standard InChI is InChI=1S/C22H24FNO3/c1-4-15(2)19-7-5-6-8-20(19)24-22(26)16(3)27-21(25)14-11-17-9-12-18(23)13-10-17/h5-16H,4H2,1-3H3,(H,24,26)/b14-11+/t15-,16+/m0/s1. The molecule has 0 unspecified atom stereocenters. The highest BCUT2D eigenvalue weighted by atomic mass is 19.1. The molecule has 1 amide bonds. The highest BCUT2D eigenvalue weighted by Crippen LogP contribution is 2.26. The van der Waals surface area contributed by atoms with Crippen molar-refractivity contribution in [3.8, 4) is 0 Å². The normalized spacial score (nSPS) is 13.2. The van der Waals surface area contributed by atoms with Gasteiger partial charge in [0, 0.05) is 11.8 Å². The maximum atomic E-state index is 12.9. The van der Waals surface area contributed by atoms with Crippen LogP contribution < -0.4 is 5.32 Å². The van der Waals surface area contributed by atoms with Crippen LogP contribution in [0, 0.1) is 5.82 Å². The van der Waals surface area contributed by atoms with Gasteiger partial charge in [-0.3, -0.25) is 4.79 Å². The molecule has 2 aromatic carbocycles. The van der Waals surface area contributed by atoms with E-state index in [1.165, 1.54) is 31.2 Å². The highest BCUT2D eigenvalue weighted by Gasteiger charge is 2.18. The van der Waals surface area contributed by atoms with Crippen molar-refractivity contribution in [3.05, 3.63) is 71.6 Å². The van der Waals surface area contributed by atoms with E-state index in [4.69, 9.17) is 4.74 Å². The van der Waals surface area contributed by atoms with Crippen LogP contribution in [0.15, 0.2) is 54.6 Å². The van der Waals surface area contributed by atoms with Crippen molar-refractivity contribution in [1.29, 1.82) is 0 Å². The lowest BCUT2D eigenvalue weighted by Gasteiger charge is -2.17. The summed E-state index contributed by atoms with van der Waals surface area (Å²) < 4.78 is 18.0. The molecule has 0 fully saturated rings. The monoisotopic (exact) mass is 369 g/mol. The molecular formula is C22H24FNO3. The third-order valence-electron chi connectivity index (χ3n) is 4.31. The van der Waals surface area contributed by atoms with Gasteiger partial charge in [0.15, 0.2) is 6.10 Å². The molecule has 2 atom stereocenters. The molecule has 1 N–H and O–H groups in total. The summed E-state index contributed by atoms with van der Waals surface area (Å²) >= 11 is 0. The Morgan fingerprint density at radius 1 is 1.11 bits per heavy atom. The summed E-state index contributed by atoms with van der Waals surface area (Å²) in [4.78, 5) is 24.3. The van der Waals surface area contributed by atoms with E-state index in [0.717, 1.165) is 17.7 Å². The number of hydrogen-bond donors (Lipinski definition) is 1. The average Bonchev–Trinajstić information content (AvgIpc) is 2.67. The molecule has 0 bridgehead atoms. The first-order valence-corrected chi connectivity index (χ1v) is 8.94. The van der Waals surface area contributed by atoms with Crippen LogP contribution in [0.1, 0.15) is 44.2 Å².